The van der Waals surface area contributed by atoms with Crippen molar-refractivity contribution in [3.63, 3.8) is 0 Å². The van der Waals surface area contributed by atoms with Crippen molar-refractivity contribution in [2.45, 2.75) is 6.42 Å². The second-order valence-electron chi connectivity index (χ2n) is 4.30. The first kappa shape index (κ1) is 10.8. The molecule has 5 nitrogen and oxygen atoms in total. The maximum Gasteiger partial charge on any atom is 0.228 e. The third-order valence-electron chi connectivity index (χ3n) is 3.00. The van der Waals surface area contributed by atoms with Crippen molar-refractivity contribution >= 4 is 17.4 Å². The number of nitrogens with two attached hydrogens (primary N) is 1. The topological polar surface area (TPSA) is 72.9 Å². The van der Waals surface area contributed by atoms with E-state index in [0.29, 0.717) is 22.6 Å². The summed E-state index contributed by atoms with van der Waals surface area (Å²) < 4.78 is 15.4. The summed E-state index contributed by atoms with van der Waals surface area (Å²) in [5, 5.41) is 6.68. The zero-order chi connectivity index (χ0) is 12.9. The van der Waals surface area contributed by atoms with Crippen LogP contribution in [0.25, 0.3) is 11.3 Å². The van der Waals surface area contributed by atoms with Gasteiger partial charge in [-0.25, -0.2) is 4.39 Å². The van der Waals surface area contributed by atoms with E-state index in [-0.39, 0.29) is 18.0 Å². The second-order valence-corrected chi connectivity index (χ2v) is 4.30. The van der Waals surface area contributed by atoms with Gasteiger partial charge in [-0.3, -0.25) is 9.48 Å². The van der Waals surface area contributed by atoms with Gasteiger partial charge in [0, 0.05) is 18.7 Å². The number of hydrogen-bond acceptors (Lipinski definition) is 3. The number of nitrogens with zero attached hydrogens (tertiary/aromatic N) is 2. The molecule has 1 aromatic carbocycles. The third kappa shape index (κ3) is 1.54. The maximum atomic E-state index is 13.8. The van der Waals surface area contributed by atoms with E-state index in [1.807, 2.05) is 0 Å². The fraction of sp³-hybridized carbons (Fsp3) is 0.167. The number of carbonyl (C=O) groups is 1. The van der Waals surface area contributed by atoms with Crippen LogP contribution in [0.1, 0.15) is 5.56 Å². The predicted molar refractivity (Wildman–Crippen MR) is 65.3 cm³/mol. The number of anilines is 2. The number of aromatic nitrogens is 2. The number of hydrogen-bond donors (Lipinski definition) is 2. The molecule has 0 unspecified atom stereocenters. The summed E-state index contributed by atoms with van der Waals surface area (Å²) in [6, 6.07) is 4.79. The van der Waals surface area contributed by atoms with Gasteiger partial charge in [0.15, 0.2) is 0 Å². The lowest BCUT2D eigenvalue weighted by Crippen LogP contribution is -2.04. The fourth-order valence-corrected chi connectivity index (χ4v) is 2.07. The van der Waals surface area contributed by atoms with E-state index in [1.54, 1.807) is 19.2 Å². The molecule has 0 fully saturated rings. The van der Waals surface area contributed by atoms with Gasteiger partial charge in [0.1, 0.15) is 11.6 Å². The van der Waals surface area contributed by atoms with Crippen LogP contribution >= 0.6 is 0 Å². The highest BCUT2D eigenvalue weighted by atomic mass is 19.1. The molecule has 0 spiro atoms. The lowest BCUT2D eigenvalue weighted by Gasteiger charge is -2.03. The van der Waals surface area contributed by atoms with E-state index in [2.05, 4.69) is 10.4 Å². The summed E-state index contributed by atoms with van der Waals surface area (Å²) in [4.78, 5) is 11.2. The van der Waals surface area contributed by atoms with Crippen molar-refractivity contribution in [3.8, 4) is 11.3 Å². The van der Waals surface area contributed by atoms with Crippen molar-refractivity contribution in [1.82, 2.24) is 9.78 Å². The van der Waals surface area contributed by atoms with Gasteiger partial charge < -0.3 is 11.1 Å². The second kappa shape index (κ2) is 3.56. The smallest absolute Gasteiger partial charge is 0.228 e. The first-order valence-electron chi connectivity index (χ1n) is 5.47. The van der Waals surface area contributed by atoms with E-state index < -0.39 is 5.82 Å². The Morgan fingerprint density at radius 1 is 1.44 bits per heavy atom. The minimum atomic E-state index is -0.447. The summed E-state index contributed by atoms with van der Waals surface area (Å²) in [5.74, 6) is -0.140. The molecule has 92 valence electrons. The first-order chi connectivity index (χ1) is 8.54. The Labute approximate surface area is 102 Å². The monoisotopic (exact) mass is 246 g/mol. The molecular weight excluding hydrogens is 235 g/mol. The Bertz CT molecular complexity index is 643. The summed E-state index contributed by atoms with van der Waals surface area (Å²) in [6.45, 7) is 0. The minimum Gasteiger partial charge on any atom is -0.384 e. The number of fused-ring (bicyclic) bond motifs is 1. The number of rotatable bonds is 1. The fourth-order valence-electron chi connectivity index (χ4n) is 2.07. The van der Waals surface area contributed by atoms with Crippen LogP contribution in [0.15, 0.2) is 18.2 Å². The molecule has 0 saturated heterocycles. The van der Waals surface area contributed by atoms with E-state index in [9.17, 15) is 9.18 Å². The van der Waals surface area contributed by atoms with E-state index in [1.165, 1.54) is 10.7 Å². The van der Waals surface area contributed by atoms with Crippen LogP contribution in [0.4, 0.5) is 15.9 Å². The Hall–Kier alpha value is -2.37. The quantitative estimate of drug-likeness (QED) is 0.796. The highest BCUT2D eigenvalue weighted by Gasteiger charge is 2.22. The number of nitrogens with one attached hydrogen (secondary N) is 1. The van der Waals surface area contributed by atoms with Crippen LogP contribution in [-0.4, -0.2) is 15.7 Å². The number of nitrogen functional groups attached to an aromatic ring is 1. The summed E-state index contributed by atoms with van der Waals surface area (Å²) in [5.41, 5.74) is 7.83. The number of amides is 1. The molecule has 6 heteroatoms. The van der Waals surface area contributed by atoms with Crippen molar-refractivity contribution in [3.05, 3.63) is 29.6 Å². The highest BCUT2D eigenvalue weighted by molar-refractivity contribution is 5.99. The van der Waals surface area contributed by atoms with Gasteiger partial charge in [0.05, 0.1) is 17.8 Å². The van der Waals surface area contributed by atoms with Gasteiger partial charge in [-0.2, -0.15) is 5.10 Å². The molecule has 18 heavy (non-hydrogen) atoms. The Balaban J connectivity index is 2.12. The van der Waals surface area contributed by atoms with Crippen molar-refractivity contribution in [1.29, 1.82) is 0 Å². The van der Waals surface area contributed by atoms with Crippen LogP contribution in [0.2, 0.25) is 0 Å². The summed E-state index contributed by atoms with van der Waals surface area (Å²) in [6.07, 6.45) is 0.197. The lowest BCUT2D eigenvalue weighted by molar-refractivity contribution is -0.115. The van der Waals surface area contributed by atoms with E-state index in [4.69, 9.17) is 5.73 Å². The molecule has 2 heterocycles. The van der Waals surface area contributed by atoms with Crippen LogP contribution in [-0.2, 0) is 18.3 Å². The SMILES string of the molecule is Cn1nc(-c2cc(F)c3c(c2)CC(=O)N3)cc1N. The molecule has 1 aromatic heterocycles. The summed E-state index contributed by atoms with van der Waals surface area (Å²) in [7, 11) is 1.72. The van der Waals surface area contributed by atoms with E-state index >= 15 is 0 Å². The predicted octanol–water partition coefficient (Wildman–Crippen LogP) is 1.30. The number of carbonyl (C=O) groups excluding carboxylic acids is 1. The number of benzene rings is 1. The van der Waals surface area contributed by atoms with Gasteiger partial charge >= 0.3 is 0 Å². The molecule has 0 saturated carbocycles. The van der Waals surface area contributed by atoms with Crippen molar-refractivity contribution in [2.75, 3.05) is 11.1 Å². The maximum absolute atomic E-state index is 13.8. The zero-order valence-electron chi connectivity index (χ0n) is 9.70. The van der Waals surface area contributed by atoms with Crippen LogP contribution in [0.5, 0.6) is 0 Å². The third-order valence-corrected chi connectivity index (χ3v) is 3.00. The highest BCUT2D eigenvalue weighted by Crippen LogP contribution is 2.31. The Morgan fingerprint density at radius 2 is 2.22 bits per heavy atom. The van der Waals surface area contributed by atoms with Crippen molar-refractivity contribution in [2.24, 2.45) is 7.05 Å². The molecular formula is C12H11FN4O. The first-order valence-corrected chi connectivity index (χ1v) is 5.47. The molecule has 0 atom stereocenters. The van der Waals surface area contributed by atoms with E-state index in [0.717, 1.165) is 0 Å². The van der Waals surface area contributed by atoms with Gasteiger partial charge in [-0.1, -0.05) is 0 Å². The standard InChI is InChI=1S/C12H11FN4O/c1-17-10(14)5-9(16-17)6-2-7-4-11(18)15-12(7)8(13)3-6/h2-3,5H,4,14H2,1H3,(H,15,18). The molecule has 3 N–H and O–H groups in total. The van der Waals surface area contributed by atoms with Crippen LogP contribution in [0.3, 0.4) is 0 Å². The molecule has 0 bridgehead atoms. The molecule has 0 radical (unpaired) electrons. The van der Waals surface area contributed by atoms with Crippen LogP contribution in [0, 0.1) is 5.82 Å². The van der Waals surface area contributed by atoms with Gasteiger partial charge in [-0.15, -0.1) is 0 Å². The average Bonchev–Trinajstić information content (AvgIpc) is 2.83. The van der Waals surface area contributed by atoms with Gasteiger partial charge in [0.25, 0.3) is 0 Å². The molecule has 3 rings (SSSR count). The largest absolute Gasteiger partial charge is 0.384 e. The normalized spacial score (nSPS) is 13.6. The number of halogens is 1. The van der Waals surface area contributed by atoms with Crippen molar-refractivity contribution < 1.29 is 9.18 Å². The zero-order valence-corrected chi connectivity index (χ0v) is 9.70. The minimum absolute atomic E-state index is 0.193. The molecule has 1 aliphatic rings. The molecule has 2 aromatic rings. The molecule has 0 aliphatic carbocycles. The Kier molecular flexibility index (Phi) is 2.13. The van der Waals surface area contributed by atoms with Gasteiger partial charge in [-0.05, 0) is 17.7 Å². The molecule has 1 amide bonds. The van der Waals surface area contributed by atoms with Crippen LogP contribution < -0.4 is 11.1 Å². The average molecular weight is 246 g/mol. The number of aryl methyl sites for hydroxylation is 1. The lowest BCUT2D eigenvalue weighted by atomic mass is 10.1. The molecule has 1 aliphatic heterocycles. The van der Waals surface area contributed by atoms with Gasteiger partial charge in [0.2, 0.25) is 5.91 Å². The summed E-state index contributed by atoms with van der Waals surface area (Å²) >= 11 is 0. The Morgan fingerprint density at radius 3 is 2.89 bits per heavy atom.